The van der Waals surface area contributed by atoms with E-state index in [0.29, 0.717) is 12.0 Å². The molecule has 2 heteroatoms. The zero-order chi connectivity index (χ0) is 11.3. The molecule has 1 aromatic carbocycles. The number of halogens is 1. The van der Waals surface area contributed by atoms with Crippen LogP contribution < -0.4 is 5.32 Å². The summed E-state index contributed by atoms with van der Waals surface area (Å²) < 4.78 is 12.7. The van der Waals surface area contributed by atoms with Gasteiger partial charge in [0.25, 0.3) is 0 Å². The van der Waals surface area contributed by atoms with Gasteiger partial charge in [-0.2, -0.15) is 0 Å². The molecule has 15 heavy (non-hydrogen) atoms. The second-order valence-electron chi connectivity index (χ2n) is 4.31. The van der Waals surface area contributed by atoms with Crippen LogP contribution in [0, 0.1) is 11.7 Å². The first-order valence-electron chi connectivity index (χ1n) is 5.62. The summed E-state index contributed by atoms with van der Waals surface area (Å²) in [6, 6.07) is 7.10. The summed E-state index contributed by atoms with van der Waals surface area (Å²) >= 11 is 0. The molecule has 0 saturated heterocycles. The van der Waals surface area contributed by atoms with Crippen molar-refractivity contribution in [3.63, 3.8) is 0 Å². The van der Waals surface area contributed by atoms with Crippen molar-refractivity contribution in [1.82, 2.24) is 5.32 Å². The molecule has 0 fully saturated rings. The molecule has 0 spiro atoms. The minimum Gasteiger partial charge on any atom is -0.310 e. The molecule has 1 atom stereocenters. The van der Waals surface area contributed by atoms with Crippen LogP contribution in [0.25, 0.3) is 0 Å². The van der Waals surface area contributed by atoms with E-state index in [1.807, 2.05) is 12.1 Å². The van der Waals surface area contributed by atoms with E-state index in [0.717, 1.165) is 13.0 Å². The monoisotopic (exact) mass is 209 g/mol. The molecule has 0 heterocycles. The third kappa shape index (κ3) is 4.00. The Bertz CT molecular complexity index is 279. The molecular formula is C13H20FN. The Balaban J connectivity index is 2.61. The van der Waals surface area contributed by atoms with E-state index in [9.17, 15) is 4.39 Å². The number of hydrogen-bond donors (Lipinski definition) is 1. The molecular weight excluding hydrogens is 189 g/mol. The second kappa shape index (κ2) is 5.86. The molecule has 0 amide bonds. The van der Waals surface area contributed by atoms with Gasteiger partial charge in [0.15, 0.2) is 0 Å². The zero-order valence-corrected chi connectivity index (χ0v) is 9.76. The van der Waals surface area contributed by atoms with Gasteiger partial charge >= 0.3 is 0 Å². The van der Waals surface area contributed by atoms with E-state index in [1.54, 1.807) is 0 Å². The standard InChI is InChI=1S/C13H20FN/c1-4-13(15-9-10(2)3)11-5-7-12(14)8-6-11/h5-8,10,13,15H,4,9H2,1-3H3/t13-/m1/s1. The number of benzene rings is 1. The van der Waals surface area contributed by atoms with Crippen LogP contribution in [0.15, 0.2) is 24.3 Å². The minimum atomic E-state index is -0.169. The molecule has 1 nitrogen and oxygen atoms in total. The van der Waals surface area contributed by atoms with Crippen LogP contribution in [-0.2, 0) is 0 Å². The summed E-state index contributed by atoms with van der Waals surface area (Å²) in [5.41, 5.74) is 1.17. The molecule has 1 aromatic rings. The molecule has 0 bridgehead atoms. The highest BCUT2D eigenvalue weighted by Gasteiger charge is 2.08. The first-order valence-corrected chi connectivity index (χ1v) is 5.62. The summed E-state index contributed by atoms with van der Waals surface area (Å²) in [7, 11) is 0. The lowest BCUT2D eigenvalue weighted by molar-refractivity contribution is 0.464. The quantitative estimate of drug-likeness (QED) is 0.782. The smallest absolute Gasteiger partial charge is 0.123 e. The van der Waals surface area contributed by atoms with Crippen molar-refractivity contribution in [1.29, 1.82) is 0 Å². The van der Waals surface area contributed by atoms with Crippen molar-refractivity contribution in [3.8, 4) is 0 Å². The lowest BCUT2D eigenvalue weighted by Crippen LogP contribution is -2.24. The molecule has 84 valence electrons. The van der Waals surface area contributed by atoms with Crippen molar-refractivity contribution in [2.24, 2.45) is 5.92 Å². The second-order valence-corrected chi connectivity index (χ2v) is 4.31. The van der Waals surface area contributed by atoms with Crippen molar-refractivity contribution < 1.29 is 4.39 Å². The molecule has 1 rings (SSSR count). The third-order valence-electron chi connectivity index (χ3n) is 2.45. The van der Waals surface area contributed by atoms with Crippen molar-refractivity contribution in [2.45, 2.75) is 33.2 Å². The van der Waals surface area contributed by atoms with E-state index >= 15 is 0 Å². The Kier molecular flexibility index (Phi) is 4.76. The Hall–Kier alpha value is -0.890. The van der Waals surface area contributed by atoms with Crippen molar-refractivity contribution >= 4 is 0 Å². The Labute approximate surface area is 91.7 Å². The van der Waals surface area contributed by atoms with Crippen molar-refractivity contribution in [3.05, 3.63) is 35.6 Å². The molecule has 0 aliphatic rings. The number of nitrogens with one attached hydrogen (secondary N) is 1. The first-order chi connectivity index (χ1) is 7.13. The Morgan fingerprint density at radius 1 is 1.20 bits per heavy atom. The van der Waals surface area contributed by atoms with Gasteiger partial charge < -0.3 is 5.32 Å². The van der Waals surface area contributed by atoms with Gasteiger partial charge in [-0.15, -0.1) is 0 Å². The highest BCUT2D eigenvalue weighted by atomic mass is 19.1. The predicted octanol–water partition coefficient (Wildman–Crippen LogP) is 3.52. The summed E-state index contributed by atoms with van der Waals surface area (Å²) in [4.78, 5) is 0. The Morgan fingerprint density at radius 3 is 2.27 bits per heavy atom. The maximum Gasteiger partial charge on any atom is 0.123 e. The molecule has 0 unspecified atom stereocenters. The van der Waals surface area contributed by atoms with Crippen LogP contribution in [0.1, 0.15) is 38.8 Å². The summed E-state index contributed by atoms with van der Waals surface area (Å²) in [6.45, 7) is 7.51. The SMILES string of the molecule is CC[C@@H](NCC(C)C)c1ccc(F)cc1. The summed E-state index contributed by atoms with van der Waals surface area (Å²) in [5, 5.41) is 3.48. The fraction of sp³-hybridized carbons (Fsp3) is 0.538. The fourth-order valence-corrected chi connectivity index (χ4v) is 1.57. The lowest BCUT2D eigenvalue weighted by Gasteiger charge is -2.18. The Morgan fingerprint density at radius 2 is 1.80 bits per heavy atom. The van der Waals surface area contributed by atoms with Crippen LogP contribution in [0.4, 0.5) is 4.39 Å². The molecule has 0 aliphatic heterocycles. The van der Waals surface area contributed by atoms with Crippen LogP contribution >= 0.6 is 0 Å². The van der Waals surface area contributed by atoms with E-state index < -0.39 is 0 Å². The molecule has 0 aromatic heterocycles. The van der Waals surface area contributed by atoms with E-state index in [-0.39, 0.29) is 5.82 Å². The molecule has 0 radical (unpaired) electrons. The normalized spacial score (nSPS) is 13.1. The van der Waals surface area contributed by atoms with Crippen LogP contribution in [0.2, 0.25) is 0 Å². The molecule has 0 aliphatic carbocycles. The fourth-order valence-electron chi connectivity index (χ4n) is 1.57. The highest BCUT2D eigenvalue weighted by molar-refractivity contribution is 5.19. The van der Waals surface area contributed by atoms with Gasteiger partial charge in [-0.05, 0) is 36.6 Å². The highest BCUT2D eigenvalue weighted by Crippen LogP contribution is 2.17. The van der Waals surface area contributed by atoms with Gasteiger partial charge in [-0.1, -0.05) is 32.9 Å². The van der Waals surface area contributed by atoms with E-state index in [1.165, 1.54) is 17.7 Å². The number of hydrogen-bond acceptors (Lipinski definition) is 1. The topological polar surface area (TPSA) is 12.0 Å². The van der Waals surface area contributed by atoms with Gasteiger partial charge in [0, 0.05) is 6.04 Å². The van der Waals surface area contributed by atoms with E-state index in [4.69, 9.17) is 0 Å². The summed E-state index contributed by atoms with van der Waals surface area (Å²) in [6.07, 6.45) is 1.03. The van der Waals surface area contributed by atoms with Gasteiger partial charge in [0.05, 0.1) is 0 Å². The maximum absolute atomic E-state index is 12.7. The van der Waals surface area contributed by atoms with Crippen LogP contribution in [-0.4, -0.2) is 6.54 Å². The van der Waals surface area contributed by atoms with Gasteiger partial charge in [-0.25, -0.2) is 4.39 Å². The average molecular weight is 209 g/mol. The molecule has 1 N–H and O–H groups in total. The third-order valence-corrected chi connectivity index (χ3v) is 2.45. The van der Waals surface area contributed by atoms with Gasteiger partial charge in [0.1, 0.15) is 5.82 Å². The number of rotatable bonds is 5. The van der Waals surface area contributed by atoms with E-state index in [2.05, 4.69) is 26.1 Å². The van der Waals surface area contributed by atoms with Gasteiger partial charge in [-0.3, -0.25) is 0 Å². The van der Waals surface area contributed by atoms with Crippen LogP contribution in [0.5, 0.6) is 0 Å². The first kappa shape index (κ1) is 12.2. The minimum absolute atomic E-state index is 0.169. The van der Waals surface area contributed by atoms with Gasteiger partial charge in [0.2, 0.25) is 0 Å². The van der Waals surface area contributed by atoms with Crippen LogP contribution in [0.3, 0.4) is 0 Å². The summed E-state index contributed by atoms with van der Waals surface area (Å²) in [5.74, 6) is 0.469. The maximum atomic E-state index is 12.7. The average Bonchev–Trinajstić information content (AvgIpc) is 2.21. The largest absolute Gasteiger partial charge is 0.310 e. The molecule has 0 saturated carbocycles. The zero-order valence-electron chi connectivity index (χ0n) is 9.76. The lowest BCUT2D eigenvalue weighted by atomic mass is 10.0. The van der Waals surface area contributed by atoms with Crippen molar-refractivity contribution in [2.75, 3.05) is 6.54 Å². The predicted molar refractivity (Wildman–Crippen MR) is 62.3 cm³/mol.